The maximum atomic E-state index is 12.4. The molecule has 0 aliphatic carbocycles. The van der Waals surface area contributed by atoms with E-state index in [1.165, 1.54) is 6.07 Å². The largest absolute Gasteiger partial charge is 0.398 e. The summed E-state index contributed by atoms with van der Waals surface area (Å²) in [5, 5.41) is 0. The number of halogens is 2. The van der Waals surface area contributed by atoms with Crippen molar-refractivity contribution in [3.8, 4) is 0 Å². The fourth-order valence-electron chi connectivity index (χ4n) is 1.58. The molecule has 0 saturated carbocycles. The summed E-state index contributed by atoms with van der Waals surface area (Å²) in [5.41, 5.74) is 6.87. The van der Waals surface area contributed by atoms with Gasteiger partial charge >= 0.3 is 0 Å². The van der Waals surface area contributed by atoms with E-state index in [0.29, 0.717) is 8.95 Å². The van der Waals surface area contributed by atoms with Crippen molar-refractivity contribution in [3.05, 3.63) is 45.0 Å². The molecule has 3 N–H and O–H groups in total. The number of sulfonamides is 1. The Bertz CT molecular complexity index is 723. The van der Waals surface area contributed by atoms with E-state index < -0.39 is 10.0 Å². The lowest BCUT2D eigenvalue weighted by Crippen LogP contribution is -2.16. The van der Waals surface area contributed by atoms with Gasteiger partial charge in [0.25, 0.3) is 10.0 Å². The van der Waals surface area contributed by atoms with Crippen LogP contribution >= 0.6 is 31.9 Å². The fourth-order valence-corrected chi connectivity index (χ4v) is 4.66. The number of pyridine rings is 1. The first-order chi connectivity index (χ1) is 9.29. The lowest BCUT2D eigenvalue weighted by Gasteiger charge is -2.12. The van der Waals surface area contributed by atoms with Crippen LogP contribution in [0.15, 0.2) is 44.3 Å². The molecule has 1 aromatic carbocycles. The van der Waals surface area contributed by atoms with Crippen LogP contribution in [0.3, 0.4) is 0 Å². The van der Waals surface area contributed by atoms with Gasteiger partial charge in [-0.1, -0.05) is 22.0 Å². The van der Waals surface area contributed by atoms with Crippen molar-refractivity contribution in [3.63, 3.8) is 0 Å². The molecule has 8 heteroatoms. The fraction of sp³-hybridized carbons (Fsp3) is 0.0833. The third kappa shape index (κ3) is 3.31. The van der Waals surface area contributed by atoms with E-state index in [9.17, 15) is 8.42 Å². The number of nitrogens with one attached hydrogen (secondary N) is 1. The number of nitrogens with zero attached hydrogens (tertiary/aromatic N) is 1. The van der Waals surface area contributed by atoms with Gasteiger partial charge in [0.2, 0.25) is 0 Å². The third-order valence-electron chi connectivity index (χ3n) is 2.46. The highest BCUT2D eigenvalue weighted by Crippen LogP contribution is 2.32. The smallest absolute Gasteiger partial charge is 0.266 e. The first-order valence-electron chi connectivity index (χ1n) is 5.49. The van der Waals surface area contributed by atoms with Gasteiger partial charge in [0.1, 0.15) is 10.7 Å². The molecule has 20 heavy (non-hydrogen) atoms. The third-order valence-corrected chi connectivity index (χ3v) is 5.27. The van der Waals surface area contributed by atoms with Crippen molar-refractivity contribution >= 4 is 53.4 Å². The molecule has 1 aromatic heterocycles. The summed E-state index contributed by atoms with van der Waals surface area (Å²) in [6.45, 7) is 1.87. The first-order valence-corrected chi connectivity index (χ1v) is 8.56. The number of anilines is 2. The van der Waals surface area contributed by atoms with E-state index >= 15 is 0 Å². The Kier molecular flexibility index (Phi) is 4.36. The minimum Gasteiger partial charge on any atom is -0.398 e. The Morgan fingerprint density at radius 3 is 2.50 bits per heavy atom. The van der Waals surface area contributed by atoms with Gasteiger partial charge in [-0.05, 0) is 46.6 Å². The standard InChI is InChI=1S/C12H11Br2N3O2S/c1-7-2-3-11(16-6-7)17-20(18,19)12-9(14)4-8(13)5-10(12)15/h2-6H,15H2,1H3,(H,16,17). The van der Waals surface area contributed by atoms with Gasteiger partial charge in [-0.25, -0.2) is 13.4 Å². The van der Waals surface area contributed by atoms with Crippen LogP contribution in [0.25, 0.3) is 0 Å². The highest BCUT2D eigenvalue weighted by atomic mass is 79.9. The van der Waals surface area contributed by atoms with Crippen molar-refractivity contribution in [2.24, 2.45) is 0 Å². The molecule has 2 rings (SSSR count). The second kappa shape index (κ2) is 5.71. The molecule has 0 saturated heterocycles. The summed E-state index contributed by atoms with van der Waals surface area (Å²) in [6.07, 6.45) is 1.58. The van der Waals surface area contributed by atoms with Gasteiger partial charge in [0.15, 0.2) is 0 Å². The maximum absolute atomic E-state index is 12.4. The minimum absolute atomic E-state index is 0.0110. The monoisotopic (exact) mass is 419 g/mol. The molecular formula is C12H11Br2N3O2S. The van der Waals surface area contributed by atoms with E-state index in [0.717, 1.165) is 5.56 Å². The molecule has 0 bridgehead atoms. The molecule has 0 unspecified atom stereocenters. The Balaban J connectivity index is 2.43. The van der Waals surface area contributed by atoms with E-state index in [1.807, 2.05) is 6.92 Å². The van der Waals surface area contributed by atoms with E-state index in [2.05, 4.69) is 41.6 Å². The number of aryl methyl sites for hydroxylation is 1. The van der Waals surface area contributed by atoms with Crippen molar-refractivity contribution < 1.29 is 8.42 Å². The average Bonchev–Trinajstić information content (AvgIpc) is 2.30. The number of hydrogen-bond donors (Lipinski definition) is 2. The lowest BCUT2D eigenvalue weighted by molar-refractivity contribution is 0.601. The van der Waals surface area contributed by atoms with Crippen molar-refractivity contribution in [1.29, 1.82) is 0 Å². The highest BCUT2D eigenvalue weighted by Gasteiger charge is 2.22. The number of aromatic nitrogens is 1. The van der Waals surface area contributed by atoms with Crippen LogP contribution in [0.5, 0.6) is 0 Å². The molecular weight excluding hydrogens is 410 g/mol. The number of hydrogen-bond acceptors (Lipinski definition) is 4. The SMILES string of the molecule is Cc1ccc(NS(=O)(=O)c2c(N)cc(Br)cc2Br)nc1. The zero-order valence-electron chi connectivity index (χ0n) is 10.4. The van der Waals surface area contributed by atoms with Crippen molar-refractivity contribution in [2.75, 3.05) is 10.5 Å². The van der Waals surface area contributed by atoms with Crippen LogP contribution < -0.4 is 10.5 Å². The summed E-state index contributed by atoms with van der Waals surface area (Å²) in [6, 6.07) is 6.51. The molecule has 0 fully saturated rings. The molecule has 1 heterocycles. The van der Waals surface area contributed by atoms with Gasteiger partial charge in [0, 0.05) is 15.1 Å². The second-order valence-corrected chi connectivity index (χ2v) is 7.52. The van der Waals surface area contributed by atoms with E-state index in [1.54, 1.807) is 24.4 Å². The van der Waals surface area contributed by atoms with Gasteiger partial charge in [-0.3, -0.25) is 4.72 Å². The molecule has 0 aliphatic heterocycles. The summed E-state index contributed by atoms with van der Waals surface area (Å²) in [5.74, 6) is 0.241. The van der Waals surface area contributed by atoms with Gasteiger partial charge < -0.3 is 5.73 Å². The Morgan fingerprint density at radius 1 is 1.25 bits per heavy atom. The van der Waals surface area contributed by atoms with Gasteiger partial charge in [0.05, 0.1) is 5.69 Å². The molecule has 0 atom stereocenters. The summed E-state index contributed by atoms with van der Waals surface area (Å²) >= 11 is 6.46. The minimum atomic E-state index is -3.81. The molecule has 106 valence electrons. The normalized spacial score (nSPS) is 11.3. The zero-order valence-corrected chi connectivity index (χ0v) is 14.4. The molecule has 0 aliphatic rings. The Labute approximate surface area is 133 Å². The van der Waals surface area contributed by atoms with Crippen LogP contribution in [0, 0.1) is 6.92 Å². The van der Waals surface area contributed by atoms with Gasteiger partial charge in [-0.15, -0.1) is 0 Å². The molecule has 0 spiro atoms. The van der Waals surface area contributed by atoms with Crippen LogP contribution in [-0.2, 0) is 10.0 Å². The molecule has 0 radical (unpaired) electrons. The van der Waals surface area contributed by atoms with Gasteiger partial charge in [-0.2, -0.15) is 0 Å². The topological polar surface area (TPSA) is 85.1 Å². The lowest BCUT2D eigenvalue weighted by atomic mass is 10.3. The zero-order chi connectivity index (χ0) is 14.9. The molecule has 0 amide bonds. The average molecular weight is 421 g/mol. The highest BCUT2D eigenvalue weighted by molar-refractivity contribution is 9.11. The molecule has 5 nitrogen and oxygen atoms in total. The van der Waals surface area contributed by atoms with Crippen molar-refractivity contribution in [1.82, 2.24) is 4.98 Å². The van der Waals surface area contributed by atoms with Crippen LogP contribution in [0.1, 0.15) is 5.56 Å². The number of benzene rings is 1. The Hall–Kier alpha value is -1.12. The van der Waals surface area contributed by atoms with Crippen molar-refractivity contribution in [2.45, 2.75) is 11.8 Å². The van der Waals surface area contributed by atoms with E-state index in [-0.39, 0.29) is 16.4 Å². The number of rotatable bonds is 3. The van der Waals surface area contributed by atoms with Crippen LogP contribution in [0.4, 0.5) is 11.5 Å². The summed E-state index contributed by atoms with van der Waals surface area (Å²) in [4.78, 5) is 4.00. The quantitative estimate of drug-likeness (QED) is 0.746. The van der Waals surface area contributed by atoms with Crippen LogP contribution in [-0.4, -0.2) is 13.4 Å². The second-order valence-electron chi connectivity index (χ2n) is 4.13. The first kappa shape index (κ1) is 15.3. The number of nitrogens with two attached hydrogens (primary N) is 1. The predicted octanol–water partition coefficient (Wildman–Crippen LogP) is 3.30. The Morgan fingerprint density at radius 2 is 1.95 bits per heavy atom. The molecule has 2 aromatic rings. The van der Waals surface area contributed by atoms with Crippen LogP contribution in [0.2, 0.25) is 0 Å². The maximum Gasteiger partial charge on any atom is 0.266 e. The number of nitrogen functional groups attached to an aromatic ring is 1. The summed E-state index contributed by atoms with van der Waals surface area (Å²) in [7, 11) is -3.81. The summed E-state index contributed by atoms with van der Waals surface area (Å²) < 4.78 is 28.2. The predicted molar refractivity (Wildman–Crippen MR) is 86.0 cm³/mol. The van der Waals surface area contributed by atoms with E-state index in [4.69, 9.17) is 5.73 Å².